The first-order valence-electron chi connectivity index (χ1n) is 5.14. The molecule has 1 fully saturated rings. The van der Waals surface area contributed by atoms with Gasteiger partial charge in [0.15, 0.2) is 5.13 Å². The number of nitrogen functional groups attached to an aromatic ring is 1. The Morgan fingerprint density at radius 2 is 2.31 bits per heavy atom. The van der Waals surface area contributed by atoms with Crippen LogP contribution in [0.2, 0.25) is 0 Å². The fourth-order valence-electron chi connectivity index (χ4n) is 1.82. The van der Waals surface area contributed by atoms with Crippen LogP contribution in [0.5, 0.6) is 0 Å². The highest BCUT2D eigenvalue weighted by Gasteiger charge is 2.22. The molecule has 88 valence electrons. The van der Waals surface area contributed by atoms with Gasteiger partial charge < -0.3 is 22.1 Å². The molecule has 0 aliphatic carbocycles. The molecule has 1 aliphatic heterocycles. The molecular weight excluding hydrogens is 226 g/mol. The van der Waals surface area contributed by atoms with E-state index < -0.39 is 5.91 Å². The number of piperidine rings is 1. The average Bonchev–Trinajstić information content (AvgIpc) is 2.60. The number of rotatable bonds is 2. The minimum Gasteiger partial charge on any atom is -0.382 e. The van der Waals surface area contributed by atoms with Gasteiger partial charge in [0.2, 0.25) is 0 Å². The van der Waals surface area contributed by atoms with Crippen LogP contribution in [-0.4, -0.2) is 30.0 Å². The number of thiazole rings is 1. The van der Waals surface area contributed by atoms with E-state index in [0.717, 1.165) is 31.1 Å². The van der Waals surface area contributed by atoms with Crippen molar-refractivity contribution in [3.8, 4) is 0 Å². The summed E-state index contributed by atoms with van der Waals surface area (Å²) >= 11 is 1.24. The summed E-state index contributed by atoms with van der Waals surface area (Å²) in [5, 5.41) is 0.737. The van der Waals surface area contributed by atoms with Crippen LogP contribution >= 0.6 is 11.3 Å². The monoisotopic (exact) mass is 241 g/mol. The summed E-state index contributed by atoms with van der Waals surface area (Å²) in [5.41, 5.74) is 16.7. The van der Waals surface area contributed by atoms with Gasteiger partial charge in [-0.3, -0.25) is 4.79 Å². The first-order valence-corrected chi connectivity index (χ1v) is 5.96. The van der Waals surface area contributed by atoms with Gasteiger partial charge in [0, 0.05) is 19.1 Å². The minimum atomic E-state index is -0.525. The van der Waals surface area contributed by atoms with Gasteiger partial charge >= 0.3 is 0 Å². The molecule has 0 spiro atoms. The van der Waals surface area contributed by atoms with E-state index in [1.807, 2.05) is 0 Å². The van der Waals surface area contributed by atoms with Crippen molar-refractivity contribution in [1.29, 1.82) is 0 Å². The highest BCUT2D eigenvalue weighted by molar-refractivity contribution is 7.18. The number of primary amides is 1. The molecule has 1 aromatic heterocycles. The third kappa shape index (κ3) is 2.10. The number of aromatic nitrogens is 1. The third-order valence-corrected chi connectivity index (χ3v) is 3.74. The smallest absolute Gasteiger partial charge is 0.262 e. The maximum absolute atomic E-state index is 11.1. The van der Waals surface area contributed by atoms with Crippen molar-refractivity contribution in [3.63, 3.8) is 0 Å². The van der Waals surface area contributed by atoms with Crippen LogP contribution in [0.4, 0.5) is 10.9 Å². The fourth-order valence-corrected chi connectivity index (χ4v) is 2.69. The molecule has 0 aromatic carbocycles. The largest absolute Gasteiger partial charge is 0.382 e. The predicted octanol–water partition coefficient (Wildman–Crippen LogP) is -0.248. The summed E-state index contributed by atoms with van der Waals surface area (Å²) in [6.07, 6.45) is 2.06. The van der Waals surface area contributed by atoms with Gasteiger partial charge in [-0.05, 0) is 12.8 Å². The van der Waals surface area contributed by atoms with Gasteiger partial charge in [0.25, 0.3) is 5.91 Å². The van der Waals surface area contributed by atoms with Crippen molar-refractivity contribution in [2.75, 3.05) is 23.7 Å². The minimum absolute atomic E-state index is 0.163. The van der Waals surface area contributed by atoms with Crippen LogP contribution in [0.15, 0.2) is 0 Å². The number of nitrogens with two attached hydrogens (primary N) is 3. The Morgan fingerprint density at radius 3 is 2.88 bits per heavy atom. The van der Waals surface area contributed by atoms with Gasteiger partial charge in [-0.2, -0.15) is 0 Å². The number of anilines is 2. The van der Waals surface area contributed by atoms with Crippen molar-refractivity contribution >= 4 is 28.2 Å². The molecule has 7 heteroatoms. The number of nitrogens with zero attached hydrogens (tertiary/aromatic N) is 2. The van der Waals surface area contributed by atoms with Gasteiger partial charge in [0.1, 0.15) is 10.7 Å². The highest BCUT2D eigenvalue weighted by Crippen LogP contribution is 2.29. The maximum atomic E-state index is 11.1. The zero-order valence-electron chi connectivity index (χ0n) is 8.85. The Bertz CT molecular complexity index is 405. The standard InChI is InChI=1S/C9H15N5OS/c10-5-2-1-3-14(4-5)9-13-7(11)6(16-9)8(12)15/h5H,1-4,10-11H2,(H2,12,15). The highest BCUT2D eigenvalue weighted by atomic mass is 32.1. The van der Waals surface area contributed by atoms with Crippen molar-refractivity contribution in [3.05, 3.63) is 4.88 Å². The van der Waals surface area contributed by atoms with Gasteiger partial charge in [-0.15, -0.1) is 0 Å². The summed E-state index contributed by atoms with van der Waals surface area (Å²) < 4.78 is 0. The summed E-state index contributed by atoms with van der Waals surface area (Å²) in [6.45, 7) is 1.66. The molecule has 0 bridgehead atoms. The Kier molecular flexibility index (Phi) is 2.97. The van der Waals surface area contributed by atoms with Gasteiger partial charge in [-0.25, -0.2) is 4.98 Å². The van der Waals surface area contributed by atoms with Crippen LogP contribution in [0.3, 0.4) is 0 Å². The summed E-state index contributed by atoms with van der Waals surface area (Å²) in [7, 11) is 0. The van der Waals surface area contributed by atoms with E-state index in [1.54, 1.807) is 0 Å². The van der Waals surface area contributed by atoms with Crippen molar-refractivity contribution in [1.82, 2.24) is 4.98 Å². The van der Waals surface area contributed by atoms with Crippen molar-refractivity contribution in [2.24, 2.45) is 11.5 Å². The normalized spacial score (nSPS) is 21.1. The van der Waals surface area contributed by atoms with E-state index in [0.29, 0.717) is 4.88 Å². The van der Waals surface area contributed by atoms with Crippen molar-refractivity contribution < 1.29 is 4.79 Å². The Hall–Kier alpha value is -1.34. The quantitative estimate of drug-likeness (QED) is 0.661. The van der Waals surface area contributed by atoms with E-state index in [9.17, 15) is 4.79 Å². The van der Waals surface area contributed by atoms with Crippen LogP contribution in [0.1, 0.15) is 22.5 Å². The third-order valence-electron chi connectivity index (χ3n) is 2.59. The van der Waals surface area contributed by atoms with Crippen LogP contribution in [0.25, 0.3) is 0 Å². The Balaban J connectivity index is 2.20. The van der Waals surface area contributed by atoms with E-state index >= 15 is 0 Å². The van der Waals surface area contributed by atoms with E-state index in [4.69, 9.17) is 17.2 Å². The fraction of sp³-hybridized carbons (Fsp3) is 0.556. The molecule has 0 radical (unpaired) electrons. The maximum Gasteiger partial charge on any atom is 0.262 e. The number of carbonyl (C=O) groups is 1. The molecule has 16 heavy (non-hydrogen) atoms. The zero-order chi connectivity index (χ0) is 11.7. The SMILES string of the molecule is NC(=O)c1sc(N2CCCC(N)C2)nc1N. The molecule has 1 aromatic rings. The molecule has 1 saturated heterocycles. The first kappa shape index (κ1) is 11.2. The Morgan fingerprint density at radius 1 is 1.56 bits per heavy atom. The second-order valence-electron chi connectivity index (χ2n) is 3.92. The second kappa shape index (κ2) is 4.26. The lowest BCUT2D eigenvalue weighted by Gasteiger charge is -2.30. The van der Waals surface area contributed by atoms with Crippen LogP contribution < -0.4 is 22.1 Å². The molecular formula is C9H15N5OS. The molecule has 1 unspecified atom stereocenters. The van der Waals surface area contributed by atoms with Gasteiger partial charge in [0.05, 0.1) is 0 Å². The molecule has 1 atom stereocenters. The van der Waals surface area contributed by atoms with E-state index in [2.05, 4.69) is 9.88 Å². The lowest BCUT2D eigenvalue weighted by atomic mass is 10.1. The predicted molar refractivity (Wildman–Crippen MR) is 64.5 cm³/mol. The number of hydrogen-bond acceptors (Lipinski definition) is 6. The molecule has 1 amide bonds. The summed E-state index contributed by atoms with van der Waals surface area (Å²) in [4.78, 5) is 17.6. The lowest BCUT2D eigenvalue weighted by Crippen LogP contribution is -2.42. The van der Waals surface area contributed by atoms with Crippen molar-refractivity contribution in [2.45, 2.75) is 18.9 Å². The molecule has 2 heterocycles. The lowest BCUT2D eigenvalue weighted by molar-refractivity contribution is 0.100. The van der Waals surface area contributed by atoms with Crippen LogP contribution in [0, 0.1) is 0 Å². The average molecular weight is 241 g/mol. The van der Waals surface area contributed by atoms with E-state index in [-0.39, 0.29) is 11.9 Å². The number of hydrogen-bond donors (Lipinski definition) is 3. The molecule has 6 N–H and O–H groups in total. The number of carbonyl (C=O) groups excluding carboxylic acids is 1. The molecule has 6 nitrogen and oxygen atoms in total. The topological polar surface area (TPSA) is 111 Å². The van der Waals surface area contributed by atoms with E-state index in [1.165, 1.54) is 11.3 Å². The molecule has 2 rings (SSSR count). The number of amides is 1. The molecule has 0 saturated carbocycles. The Labute approximate surface area is 97.4 Å². The van der Waals surface area contributed by atoms with Crippen LogP contribution in [-0.2, 0) is 0 Å². The first-order chi connectivity index (χ1) is 7.58. The summed E-state index contributed by atoms with van der Waals surface area (Å²) in [6, 6.07) is 0.163. The van der Waals surface area contributed by atoms with Gasteiger partial charge in [-0.1, -0.05) is 11.3 Å². The zero-order valence-corrected chi connectivity index (χ0v) is 9.67. The summed E-state index contributed by atoms with van der Waals surface area (Å²) in [5.74, 6) is -0.311. The molecule has 1 aliphatic rings. The second-order valence-corrected chi connectivity index (χ2v) is 4.90.